The van der Waals surface area contributed by atoms with Crippen LogP contribution in [0.2, 0.25) is 0 Å². The van der Waals surface area contributed by atoms with Crippen LogP contribution in [-0.2, 0) is 6.61 Å². The van der Waals surface area contributed by atoms with Crippen LogP contribution in [0.15, 0.2) is 91.5 Å². The van der Waals surface area contributed by atoms with E-state index in [0.717, 1.165) is 65.2 Å². The van der Waals surface area contributed by atoms with Crippen LogP contribution in [0.3, 0.4) is 0 Å². The van der Waals surface area contributed by atoms with Gasteiger partial charge in [-0.25, -0.2) is 9.37 Å². The first-order valence-electron chi connectivity index (χ1n) is 11.6. The molecule has 0 radical (unpaired) electrons. The molecule has 1 aliphatic heterocycles. The van der Waals surface area contributed by atoms with Crippen LogP contribution in [0.4, 0.5) is 4.39 Å². The number of halogens is 1. The second-order valence-electron chi connectivity index (χ2n) is 8.57. The van der Waals surface area contributed by atoms with Gasteiger partial charge in [-0.15, -0.1) is 0 Å². The van der Waals surface area contributed by atoms with E-state index in [1.54, 1.807) is 0 Å². The molecule has 0 bridgehead atoms. The van der Waals surface area contributed by atoms with Gasteiger partial charge in [-0.05, 0) is 53.1 Å². The maximum absolute atomic E-state index is 13.6. The van der Waals surface area contributed by atoms with Gasteiger partial charge in [-0.1, -0.05) is 55.1 Å². The summed E-state index contributed by atoms with van der Waals surface area (Å²) in [5.74, 6) is 0.558. The molecule has 1 unspecified atom stereocenters. The van der Waals surface area contributed by atoms with Crippen molar-refractivity contribution in [1.82, 2.24) is 15.2 Å². The summed E-state index contributed by atoms with van der Waals surface area (Å²) >= 11 is 0. The fraction of sp³-hybridized carbons (Fsp3) is 0.207. The predicted octanol–water partition coefficient (Wildman–Crippen LogP) is 5.61. The zero-order valence-electron chi connectivity index (χ0n) is 19.1. The lowest BCUT2D eigenvalue weighted by atomic mass is 9.92. The Morgan fingerprint density at radius 2 is 1.68 bits per heavy atom. The van der Waals surface area contributed by atoms with E-state index >= 15 is 0 Å². The Kier molecular flexibility index (Phi) is 6.65. The molecule has 1 fully saturated rings. The normalized spacial score (nSPS) is 15.2. The molecule has 1 N–H and O–H groups in total. The number of nitrogens with one attached hydrogen (secondary N) is 1. The average molecular weight is 454 g/mol. The van der Waals surface area contributed by atoms with Gasteiger partial charge in [0.05, 0.1) is 17.3 Å². The molecule has 4 nitrogen and oxygen atoms in total. The summed E-state index contributed by atoms with van der Waals surface area (Å²) in [4.78, 5) is 7.08. The Morgan fingerprint density at radius 1 is 0.941 bits per heavy atom. The van der Waals surface area contributed by atoms with Crippen molar-refractivity contribution in [2.45, 2.75) is 12.6 Å². The second-order valence-corrected chi connectivity index (χ2v) is 8.57. The lowest BCUT2D eigenvalue weighted by molar-refractivity contribution is 0.209. The van der Waals surface area contributed by atoms with E-state index in [1.165, 1.54) is 12.1 Å². The molecule has 1 saturated heterocycles. The monoisotopic (exact) mass is 453 g/mol. The molecule has 172 valence electrons. The maximum atomic E-state index is 13.6. The molecule has 1 aliphatic rings. The van der Waals surface area contributed by atoms with Gasteiger partial charge < -0.3 is 10.1 Å². The Hall–Kier alpha value is -3.54. The van der Waals surface area contributed by atoms with Crippen LogP contribution in [0.5, 0.6) is 5.75 Å². The number of para-hydroxylation sites is 1. The molecule has 0 aliphatic carbocycles. The molecule has 5 rings (SSSR count). The molecule has 3 aromatic carbocycles. The Balaban J connectivity index is 1.31. The first-order chi connectivity index (χ1) is 16.7. The topological polar surface area (TPSA) is 37.4 Å². The minimum absolute atomic E-state index is 0.00346. The Labute approximate surface area is 199 Å². The lowest BCUT2D eigenvalue weighted by Gasteiger charge is -2.36. The minimum atomic E-state index is -0.226. The SMILES string of the molecule is C=C(c1ccc(OCc2ccc3ccccc3n2)cc1)C(c1ccc(F)cc1)N1CCNCC1. The van der Waals surface area contributed by atoms with Crippen molar-refractivity contribution in [2.24, 2.45) is 0 Å². The molecule has 0 spiro atoms. The van der Waals surface area contributed by atoms with Gasteiger partial charge in [0, 0.05) is 31.6 Å². The number of ether oxygens (including phenoxy) is 1. The molecule has 1 atom stereocenters. The van der Waals surface area contributed by atoms with Crippen molar-refractivity contribution >= 4 is 16.5 Å². The zero-order valence-corrected chi connectivity index (χ0v) is 19.1. The summed E-state index contributed by atoms with van der Waals surface area (Å²) in [5.41, 5.74) is 4.95. The minimum Gasteiger partial charge on any atom is -0.487 e. The Bertz CT molecular complexity index is 1260. The number of rotatable bonds is 7. The predicted molar refractivity (Wildman–Crippen MR) is 135 cm³/mol. The molecule has 5 heteroatoms. The van der Waals surface area contributed by atoms with Crippen LogP contribution in [-0.4, -0.2) is 36.1 Å². The largest absolute Gasteiger partial charge is 0.487 e. The van der Waals surface area contributed by atoms with Gasteiger partial charge in [-0.3, -0.25) is 4.90 Å². The summed E-state index contributed by atoms with van der Waals surface area (Å²) in [7, 11) is 0. The molecular weight excluding hydrogens is 425 g/mol. The lowest BCUT2D eigenvalue weighted by Crippen LogP contribution is -2.45. The fourth-order valence-electron chi connectivity index (χ4n) is 4.49. The molecule has 1 aromatic heterocycles. The quantitative estimate of drug-likeness (QED) is 0.395. The highest BCUT2D eigenvalue weighted by atomic mass is 19.1. The van der Waals surface area contributed by atoms with E-state index < -0.39 is 0 Å². The van der Waals surface area contributed by atoms with Crippen LogP contribution in [0.1, 0.15) is 22.9 Å². The first-order valence-corrected chi connectivity index (χ1v) is 11.6. The fourth-order valence-corrected chi connectivity index (χ4v) is 4.49. The standard InChI is InChI=1S/C29H28FN3O/c1-21(29(33-18-16-31-17-19-33)24-6-11-25(30)12-7-24)22-9-14-27(15-10-22)34-20-26-13-8-23-4-2-3-5-28(23)32-26/h2-15,29,31H,1,16-20H2. The van der Waals surface area contributed by atoms with Crippen LogP contribution < -0.4 is 10.1 Å². The third-order valence-electron chi connectivity index (χ3n) is 6.30. The summed E-state index contributed by atoms with van der Waals surface area (Å²) in [6.07, 6.45) is 0. The summed E-state index contributed by atoms with van der Waals surface area (Å²) in [6.45, 7) is 8.55. The molecular formula is C29H28FN3O. The first kappa shape index (κ1) is 22.3. The smallest absolute Gasteiger partial charge is 0.130 e. The van der Waals surface area contributed by atoms with E-state index in [4.69, 9.17) is 4.74 Å². The molecule has 2 heterocycles. The van der Waals surface area contributed by atoms with E-state index in [1.807, 2.05) is 60.7 Å². The number of piperazine rings is 1. The van der Waals surface area contributed by atoms with E-state index in [9.17, 15) is 4.39 Å². The number of hydrogen-bond donors (Lipinski definition) is 1. The van der Waals surface area contributed by atoms with Crippen molar-refractivity contribution in [3.63, 3.8) is 0 Å². The van der Waals surface area contributed by atoms with Gasteiger partial charge in [0.2, 0.25) is 0 Å². The number of nitrogens with zero attached hydrogens (tertiary/aromatic N) is 2. The molecule has 0 saturated carbocycles. The number of benzene rings is 3. The van der Waals surface area contributed by atoms with E-state index in [0.29, 0.717) is 6.61 Å². The third-order valence-corrected chi connectivity index (χ3v) is 6.30. The highest BCUT2D eigenvalue weighted by Crippen LogP contribution is 2.35. The third kappa shape index (κ3) is 5.01. The number of pyridine rings is 1. The van der Waals surface area contributed by atoms with E-state index in [2.05, 4.69) is 33.9 Å². The van der Waals surface area contributed by atoms with E-state index in [-0.39, 0.29) is 11.9 Å². The second kappa shape index (κ2) is 10.2. The highest BCUT2D eigenvalue weighted by molar-refractivity contribution is 5.78. The molecule has 4 aromatic rings. The van der Waals surface area contributed by atoms with Crippen molar-refractivity contribution < 1.29 is 9.13 Å². The number of aromatic nitrogens is 1. The number of fused-ring (bicyclic) bond motifs is 1. The van der Waals surface area contributed by atoms with Crippen LogP contribution in [0, 0.1) is 5.82 Å². The van der Waals surface area contributed by atoms with Gasteiger partial charge in [0.25, 0.3) is 0 Å². The van der Waals surface area contributed by atoms with Gasteiger partial charge in [-0.2, -0.15) is 0 Å². The molecule has 0 amide bonds. The van der Waals surface area contributed by atoms with Crippen LogP contribution >= 0.6 is 0 Å². The van der Waals surface area contributed by atoms with Crippen molar-refractivity contribution in [2.75, 3.05) is 26.2 Å². The molecule has 34 heavy (non-hydrogen) atoms. The average Bonchev–Trinajstić information content (AvgIpc) is 2.89. The van der Waals surface area contributed by atoms with Crippen molar-refractivity contribution in [3.05, 3.63) is 114 Å². The van der Waals surface area contributed by atoms with Crippen LogP contribution in [0.25, 0.3) is 16.5 Å². The van der Waals surface area contributed by atoms with Gasteiger partial charge in [0.1, 0.15) is 18.2 Å². The summed E-state index contributed by atoms with van der Waals surface area (Å²) < 4.78 is 19.6. The highest BCUT2D eigenvalue weighted by Gasteiger charge is 2.25. The van der Waals surface area contributed by atoms with Gasteiger partial charge in [0.15, 0.2) is 0 Å². The van der Waals surface area contributed by atoms with Crippen molar-refractivity contribution in [3.8, 4) is 5.75 Å². The van der Waals surface area contributed by atoms with Gasteiger partial charge >= 0.3 is 0 Å². The van der Waals surface area contributed by atoms with Crippen molar-refractivity contribution in [1.29, 1.82) is 0 Å². The zero-order chi connectivity index (χ0) is 23.3. The number of hydrogen-bond acceptors (Lipinski definition) is 4. The summed E-state index contributed by atoms with van der Waals surface area (Å²) in [5, 5.41) is 4.52. The Morgan fingerprint density at radius 3 is 2.44 bits per heavy atom. The summed E-state index contributed by atoms with van der Waals surface area (Å²) in [6, 6.07) is 26.9. The maximum Gasteiger partial charge on any atom is 0.130 e.